The normalized spacial score (nSPS) is 15.4. The van der Waals surface area contributed by atoms with E-state index in [1.54, 1.807) is 35.8 Å². The minimum atomic E-state index is -0.466. The number of guanidine groups is 1. The summed E-state index contributed by atoms with van der Waals surface area (Å²) in [7, 11) is 0. The standard InChI is InChI=1S/C21H21N5O2/c1-12-4-7-16(10-13(12)2)23-20-24-19(15-5-8-17(27)9-6-15)26-18(28)11-14(3)22-21(26)25-20/h4-11,19,27H,1-3H3,(H2,22,23,24,25)/p+1/t19-/m0/s1. The van der Waals surface area contributed by atoms with Gasteiger partial charge in [0.05, 0.1) is 5.69 Å². The fourth-order valence-corrected chi connectivity index (χ4v) is 3.21. The SMILES string of the molecule is Cc1cc(=O)n2c(n1)NC(Nc1ccc(C)c(C)c1)=[NH+][C@@H]2c1ccc(O)cc1. The molecular formula is C21H22N5O2+. The third-order valence-electron chi connectivity index (χ3n) is 4.84. The average Bonchev–Trinajstić information content (AvgIpc) is 2.64. The average molecular weight is 376 g/mol. The lowest BCUT2D eigenvalue weighted by atomic mass is 10.1. The molecule has 0 radical (unpaired) electrons. The van der Waals surface area contributed by atoms with Gasteiger partial charge >= 0.3 is 5.96 Å². The van der Waals surface area contributed by atoms with E-state index >= 15 is 0 Å². The van der Waals surface area contributed by atoms with E-state index in [0.717, 1.165) is 11.3 Å². The molecule has 2 aromatic carbocycles. The summed E-state index contributed by atoms with van der Waals surface area (Å²) in [4.78, 5) is 20.5. The van der Waals surface area contributed by atoms with Gasteiger partial charge < -0.3 is 5.11 Å². The summed E-state index contributed by atoms with van der Waals surface area (Å²) in [6, 6.07) is 14.4. The van der Waals surface area contributed by atoms with Gasteiger partial charge in [-0.25, -0.2) is 20.2 Å². The number of hydrogen-bond donors (Lipinski definition) is 4. The van der Waals surface area contributed by atoms with Gasteiger partial charge in [-0.05, 0) is 68.3 Å². The molecule has 142 valence electrons. The van der Waals surface area contributed by atoms with E-state index in [4.69, 9.17) is 0 Å². The molecule has 1 atom stereocenters. The van der Waals surface area contributed by atoms with Crippen molar-refractivity contribution in [2.24, 2.45) is 0 Å². The Kier molecular flexibility index (Phi) is 4.35. The van der Waals surface area contributed by atoms with E-state index in [1.165, 1.54) is 17.2 Å². The van der Waals surface area contributed by atoms with Crippen LogP contribution in [0.4, 0.5) is 11.6 Å². The van der Waals surface area contributed by atoms with Crippen molar-refractivity contribution in [3.8, 4) is 5.75 Å². The molecule has 1 aliphatic heterocycles. The summed E-state index contributed by atoms with van der Waals surface area (Å²) in [6.45, 7) is 5.92. The number of phenolic OH excluding ortho intramolecular Hbond substituents is 1. The third kappa shape index (κ3) is 3.34. The molecule has 0 bridgehead atoms. The molecule has 3 aromatic rings. The number of hydrogen-bond acceptors (Lipinski definition) is 5. The maximum atomic E-state index is 12.6. The second-order valence-electron chi connectivity index (χ2n) is 6.99. The molecule has 0 fully saturated rings. The molecule has 7 heteroatoms. The molecule has 7 nitrogen and oxygen atoms in total. The maximum absolute atomic E-state index is 12.6. The summed E-state index contributed by atoms with van der Waals surface area (Å²) in [5.74, 6) is 1.25. The second-order valence-corrected chi connectivity index (χ2v) is 6.99. The highest BCUT2D eigenvalue weighted by Crippen LogP contribution is 2.19. The fourth-order valence-electron chi connectivity index (χ4n) is 3.21. The van der Waals surface area contributed by atoms with Crippen LogP contribution in [0.15, 0.2) is 53.3 Å². The number of rotatable bonds is 2. The van der Waals surface area contributed by atoms with Crippen molar-refractivity contribution in [3.63, 3.8) is 0 Å². The molecule has 4 N–H and O–H groups in total. The molecule has 0 amide bonds. The first-order valence-corrected chi connectivity index (χ1v) is 9.04. The van der Waals surface area contributed by atoms with Gasteiger partial charge in [0.25, 0.3) is 11.5 Å². The van der Waals surface area contributed by atoms with Crippen LogP contribution in [0.5, 0.6) is 5.75 Å². The van der Waals surface area contributed by atoms with Crippen LogP contribution in [-0.4, -0.2) is 20.6 Å². The molecule has 0 unspecified atom stereocenters. The Hall–Kier alpha value is -3.61. The van der Waals surface area contributed by atoms with Crippen molar-refractivity contribution in [2.75, 3.05) is 10.6 Å². The highest BCUT2D eigenvalue weighted by Gasteiger charge is 2.29. The smallest absolute Gasteiger partial charge is 0.357 e. The molecule has 0 spiro atoms. The second kappa shape index (κ2) is 6.84. The van der Waals surface area contributed by atoms with Crippen molar-refractivity contribution >= 4 is 17.6 Å². The molecular weight excluding hydrogens is 354 g/mol. The fraction of sp³-hybridized carbons (Fsp3) is 0.190. The van der Waals surface area contributed by atoms with Crippen LogP contribution in [0.1, 0.15) is 28.6 Å². The number of aromatic hydroxyl groups is 1. The lowest BCUT2D eigenvalue weighted by Crippen LogP contribution is -2.82. The van der Waals surface area contributed by atoms with E-state index in [-0.39, 0.29) is 11.3 Å². The number of phenols is 1. The number of nitrogens with one attached hydrogen (secondary N) is 3. The monoisotopic (exact) mass is 376 g/mol. The molecule has 1 aliphatic rings. The molecule has 1 aromatic heterocycles. The summed E-state index contributed by atoms with van der Waals surface area (Å²) in [5, 5.41) is 16.1. The summed E-state index contributed by atoms with van der Waals surface area (Å²) >= 11 is 0. The summed E-state index contributed by atoms with van der Waals surface area (Å²) < 4.78 is 1.56. The van der Waals surface area contributed by atoms with Gasteiger partial charge in [0.1, 0.15) is 5.75 Å². The number of anilines is 2. The Morgan fingerprint density at radius 1 is 1.07 bits per heavy atom. The van der Waals surface area contributed by atoms with Crippen LogP contribution >= 0.6 is 0 Å². The van der Waals surface area contributed by atoms with Crippen LogP contribution in [0, 0.1) is 20.8 Å². The number of nitrogens with zero attached hydrogens (tertiary/aromatic N) is 2. The zero-order valence-corrected chi connectivity index (χ0v) is 15.9. The minimum absolute atomic E-state index is 0.161. The van der Waals surface area contributed by atoms with Gasteiger partial charge in [0.2, 0.25) is 0 Å². The Balaban J connectivity index is 1.78. The maximum Gasteiger partial charge on any atom is 0.357 e. The van der Waals surface area contributed by atoms with Crippen LogP contribution < -0.4 is 21.2 Å². The zero-order chi connectivity index (χ0) is 19.8. The van der Waals surface area contributed by atoms with Crippen molar-refractivity contribution in [3.05, 3.63) is 81.3 Å². The number of aryl methyl sites for hydroxylation is 3. The van der Waals surface area contributed by atoms with Gasteiger partial charge in [-0.3, -0.25) is 9.79 Å². The van der Waals surface area contributed by atoms with Crippen LogP contribution in [0.25, 0.3) is 0 Å². The van der Waals surface area contributed by atoms with E-state index in [9.17, 15) is 9.90 Å². The highest BCUT2D eigenvalue weighted by molar-refractivity contribution is 5.99. The number of benzene rings is 2. The quantitative estimate of drug-likeness (QED) is 0.543. The first-order valence-electron chi connectivity index (χ1n) is 9.04. The van der Waals surface area contributed by atoms with Gasteiger partial charge in [0.15, 0.2) is 6.17 Å². The van der Waals surface area contributed by atoms with Crippen molar-refractivity contribution in [1.29, 1.82) is 0 Å². The predicted molar refractivity (Wildman–Crippen MR) is 109 cm³/mol. The topological polar surface area (TPSA) is 93.2 Å². The molecule has 2 heterocycles. The van der Waals surface area contributed by atoms with Gasteiger partial charge in [-0.2, -0.15) is 0 Å². The van der Waals surface area contributed by atoms with E-state index in [1.807, 2.05) is 6.07 Å². The van der Waals surface area contributed by atoms with Crippen LogP contribution in [0.2, 0.25) is 0 Å². The molecule has 0 saturated heterocycles. The lowest BCUT2D eigenvalue weighted by Gasteiger charge is -2.23. The third-order valence-corrected chi connectivity index (χ3v) is 4.84. The van der Waals surface area contributed by atoms with E-state index in [0.29, 0.717) is 17.6 Å². The Bertz CT molecular complexity index is 1130. The van der Waals surface area contributed by atoms with E-state index in [2.05, 4.69) is 46.6 Å². The first-order chi connectivity index (χ1) is 13.4. The van der Waals surface area contributed by atoms with Gasteiger partial charge in [-0.15, -0.1) is 0 Å². The molecule has 0 aliphatic carbocycles. The first kappa shape index (κ1) is 17.8. The minimum Gasteiger partial charge on any atom is -0.508 e. The number of aromatic nitrogens is 2. The van der Waals surface area contributed by atoms with Crippen LogP contribution in [0.3, 0.4) is 0 Å². The summed E-state index contributed by atoms with van der Waals surface area (Å²) in [6.07, 6.45) is -0.466. The molecule has 0 saturated carbocycles. The predicted octanol–water partition coefficient (Wildman–Crippen LogP) is 1.40. The molecule has 4 rings (SSSR count). The largest absolute Gasteiger partial charge is 0.508 e. The lowest BCUT2D eigenvalue weighted by molar-refractivity contribution is -0.520. The van der Waals surface area contributed by atoms with Crippen molar-refractivity contribution in [1.82, 2.24) is 9.55 Å². The van der Waals surface area contributed by atoms with Crippen molar-refractivity contribution < 1.29 is 10.1 Å². The van der Waals surface area contributed by atoms with E-state index < -0.39 is 6.17 Å². The number of fused-ring (bicyclic) bond motifs is 1. The summed E-state index contributed by atoms with van der Waals surface area (Å²) in [5.41, 5.74) is 4.63. The Morgan fingerprint density at radius 2 is 1.82 bits per heavy atom. The highest BCUT2D eigenvalue weighted by atomic mass is 16.3. The van der Waals surface area contributed by atoms with Crippen LogP contribution in [-0.2, 0) is 0 Å². The van der Waals surface area contributed by atoms with Gasteiger partial charge in [0, 0.05) is 17.3 Å². The Morgan fingerprint density at radius 3 is 2.54 bits per heavy atom. The van der Waals surface area contributed by atoms with Crippen molar-refractivity contribution in [2.45, 2.75) is 26.9 Å². The Labute approximate surface area is 162 Å². The van der Waals surface area contributed by atoms with Gasteiger partial charge in [-0.1, -0.05) is 6.07 Å². The molecule has 28 heavy (non-hydrogen) atoms. The zero-order valence-electron chi connectivity index (χ0n) is 15.9.